The van der Waals surface area contributed by atoms with Crippen molar-refractivity contribution in [2.24, 2.45) is 11.3 Å². The molecule has 0 unspecified atom stereocenters. The van der Waals surface area contributed by atoms with E-state index in [4.69, 9.17) is 9.72 Å². The Kier molecular flexibility index (Phi) is 8.15. The Labute approximate surface area is 256 Å². The molecule has 1 aromatic carbocycles. The molecule has 2 aromatic heterocycles. The van der Waals surface area contributed by atoms with E-state index in [9.17, 15) is 26.4 Å². The van der Waals surface area contributed by atoms with Gasteiger partial charge in [-0.05, 0) is 62.8 Å². The van der Waals surface area contributed by atoms with Crippen LogP contribution in [0, 0.1) is 11.3 Å². The van der Waals surface area contributed by atoms with Gasteiger partial charge in [-0.2, -0.15) is 13.2 Å². The van der Waals surface area contributed by atoms with Gasteiger partial charge in [0.05, 0.1) is 30.6 Å². The van der Waals surface area contributed by atoms with Crippen LogP contribution in [0.1, 0.15) is 49.9 Å². The molecule has 9 nitrogen and oxygen atoms in total. The third kappa shape index (κ3) is 6.10. The van der Waals surface area contributed by atoms with Gasteiger partial charge in [-0.3, -0.25) is 4.79 Å². The molecule has 1 amide bonds. The molecule has 3 aromatic rings. The summed E-state index contributed by atoms with van der Waals surface area (Å²) in [6.07, 6.45) is -1.69. The molecule has 0 radical (unpaired) electrons. The largest absolute Gasteiger partial charge is 0.477 e. The van der Waals surface area contributed by atoms with Gasteiger partial charge in [0.25, 0.3) is 15.9 Å². The molecule has 1 aliphatic heterocycles. The zero-order valence-corrected chi connectivity index (χ0v) is 27.3. The number of rotatable bonds is 10. The highest BCUT2D eigenvalue weighted by Gasteiger charge is 2.62. The maximum atomic E-state index is 13.6. The number of hydrogen-bond donors (Lipinski definition) is 1. The molecule has 2 aliphatic rings. The molecule has 2 fully saturated rings. The Hall–Kier alpha value is -3.39. The number of carbonyl (C=O) groups is 1. The number of sulfonamides is 1. The zero-order chi connectivity index (χ0) is 32.1. The summed E-state index contributed by atoms with van der Waals surface area (Å²) in [7, 11) is -6.05. The summed E-state index contributed by atoms with van der Waals surface area (Å²) < 4.78 is 75.1. The summed E-state index contributed by atoms with van der Waals surface area (Å²) in [4.78, 5) is 20.6. The van der Waals surface area contributed by atoms with Crippen LogP contribution in [0.2, 0.25) is 19.6 Å². The topological polar surface area (TPSA) is 106 Å². The maximum Gasteiger partial charge on any atom is 0.394 e. The van der Waals surface area contributed by atoms with Crippen molar-refractivity contribution in [2.45, 2.75) is 75.4 Å². The van der Waals surface area contributed by atoms with E-state index in [1.165, 1.54) is 22.9 Å². The first kappa shape index (κ1) is 32.0. The van der Waals surface area contributed by atoms with E-state index >= 15 is 0 Å². The Bertz CT molecular complexity index is 1640. The predicted molar refractivity (Wildman–Crippen MR) is 163 cm³/mol. The summed E-state index contributed by atoms with van der Waals surface area (Å²) in [6.45, 7) is 11.6. The van der Waals surface area contributed by atoms with Gasteiger partial charge >= 0.3 is 6.18 Å². The van der Waals surface area contributed by atoms with E-state index in [1.807, 2.05) is 0 Å². The van der Waals surface area contributed by atoms with Crippen molar-refractivity contribution in [3.05, 3.63) is 60.3 Å². The molecular formula is C30H38F3N5O4SSi. The van der Waals surface area contributed by atoms with Gasteiger partial charge in [-0.25, -0.2) is 22.8 Å². The van der Waals surface area contributed by atoms with E-state index < -0.39 is 35.6 Å². The lowest BCUT2D eigenvalue weighted by atomic mass is 10.0. The van der Waals surface area contributed by atoms with Gasteiger partial charge in [0, 0.05) is 24.0 Å². The second-order valence-electron chi connectivity index (χ2n) is 13.2. The summed E-state index contributed by atoms with van der Waals surface area (Å²) in [5, 5.41) is 4.08. The monoisotopic (exact) mass is 649 g/mol. The van der Waals surface area contributed by atoms with Gasteiger partial charge < -0.3 is 9.64 Å². The first-order valence-corrected chi connectivity index (χ1v) is 19.6. The van der Waals surface area contributed by atoms with Gasteiger partial charge in [0.15, 0.2) is 5.82 Å². The van der Waals surface area contributed by atoms with Crippen molar-refractivity contribution < 1.29 is 31.1 Å². The molecule has 1 aliphatic carbocycles. The molecule has 2 atom stereocenters. The molecule has 1 saturated heterocycles. The third-order valence-electron chi connectivity index (χ3n) is 9.18. The molecule has 1 saturated carbocycles. The summed E-state index contributed by atoms with van der Waals surface area (Å²) >= 11 is 0. The van der Waals surface area contributed by atoms with Crippen LogP contribution in [0.15, 0.2) is 59.6 Å². The third-order valence-corrected chi connectivity index (χ3v) is 14.2. The Morgan fingerprint density at radius 3 is 2.41 bits per heavy atom. The molecule has 0 bridgehead atoms. The minimum Gasteiger partial charge on any atom is -0.477 e. The molecule has 238 valence electrons. The lowest BCUT2D eigenvalue weighted by Gasteiger charge is -2.45. The fourth-order valence-corrected chi connectivity index (χ4v) is 8.83. The normalized spacial score (nSPS) is 21.7. The maximum absolute atomic E-state index is 13.6. The second kappa shape index (κ2) is 11.2. The predicted octanol–water partition coefficient (Wildman–Crippen LogP) is 5.98. The van der Waals surface area contributed by atoms with Crippen LogP contribution >= 0.6 is 0 Å². The van der Waals surface area contributed by atoms with E-state index in [0.29, 0.717) is 24.1 Å². The lowest BCUT2D eigenvalue weighted by Crippen LogP contribution is -2.59. The number of alkyl halides is 3. The number of nitrogens with zero attached hydrogens (tertiary/aromatic N) is 4. The summed E-state index contributed by atoms with van der Waals surface area (Å²) in [5.41, 5.74) is -1.55. The Morgan fingerprint density at radius 1 is 1.11 bits per heavy atom. The van der Waals surface area contributed by atoms with Crippen molar-refractivity contribution in [1.29, 1.82) is 0 Å². The van der Waals surface area contributed by atoms with Gasteiger partial charge in [0.2, 0.25) is 5.88 Å². The van der Waals surface area contributed by atoms with E-state index in [1.54, 1.807) is 36.5 Å². The Balaban J connectivity index is 1.46. The smallest absolute Gasteiger partial charge is 0.394 e. The number of carbonyl (C=O) groups excluding carboxylic acids is 1. The molecule has 5 rings (SSSR count). The zero-order valence-electron chi connectivity index (χ0n) is 25.5. The number of nitrogens with one attached hydrogen (secondary N) is 1. The van der Waals surface area contributed by atoms with Gasteiger partial charge in [-0.1, -0.05) is 44.8 Å². The number of aromatic nitrogens is 3. The van der Waals surface area contributed by atoms with Crippen molar-refractivity contribution in [1.82, 2.24) is 19.5 Å². The van der Waals surface area contributed by atoms with E-state index in [-0.39, 0.29) is 47.4 Å². The van der Waals surface area contributed by atoms with Crippen molar-refractivity contribution in [3.8, 4) is 11.7 Å². The van der Waals surface area contributed by atoms with Crippen LogP contribution in [-0.4, -0.2) is 61.7 Å². The van der Waals surface area contributed by atoms with Gasteiger partial charge in [0.1, 0.15) is 5.82 Å². The van der Waals surface area contributed by atoms with Crippen LogP contribution in [0.25, 0.3) is 5.82 Å². The molecule has 1 N–H and O–H groups in total. The molecule has 0 spiro atoms. The van der Waals surface area contributed by atoms with Crippen LogP contribution in [0.3, 0.4) is 0 Å². The number of ether oxygens (including phenoxy) is 1. The number of benzene rings is 1. The SMILES string of the molecule is C[C@@H]1CN(c2nc(-n3ccc(OCCC4(C(F)(F)F)CC4)n3)ccc2C(=O)NS(=O)(=O)c2ccccc2)[C@@](C)([Si](C)(C)C)C1. The number of amides is 1. The van der Waals surface area contributed by atoms with Gasteiger partial charge in [-0.15, -0.1) is 5.10 Å². The fourth-order valence-electron chi connectivity index (χ4n) is 5.87. The standard InChI is InChI=1S/C30H38F3N5O4SSi/c1-21-19-28(2,44(3,4)5)37(20-21)26-23(27(39)36-43(40,41)22-9-7-6-8-10-22)11-12-24(34-26)38-17-13-25(35-38)42-18-16-29(14-15-29)30(31,32)33/h6-13,17,21H,14-16,18-20H2,1-5H3,(H,36,39)/t21-,28-/m0/s1. The van der Waals surface area contributed by atoms with Crippen LogP contribution in [0.4, 0.5) is 19.0 Å². The first-order chi connectivity index (χ1) is 20.5. The average molecular weight is 650 g/mol. The number of anilines is 1. The number of pyridine rings is 1. The number of hydrogen-bond acceptors (Lipinski definition) is 7. The molecule has 3 heterocycles. The summed E-state index contributed by atoms with van der Waals surface area (Å²) in [5.74, 6) is 0.352. The molecule has 44 heavy (non-hydrogen) atoms. The highest BCUT2D eigenvalue weighted by molar-refractivity contribution is 7.90. The second-order valence-corrected chi connectivity index (χ2v) is 20.5. The molecular weight excluding hydrogens is 612 g/mol. The van der Waals surface area contributed by atoms with Crippen molar-refractivity contribution in [3.63, 3.8) is 0 Å². The van der Waals surface area contributed by atoms with Crippen LogP contribution in [0.5, 0.6) is 5.88 Å². The van der Waals surface area contributed by atoms with Crippen molar-refractivity contribution >= 4 is 29.8 Å². The van der Waals surface area contributed by atoms with E-state index in [0.717, 1.165) is 6.42 Å². The van der Waals surface area contributed by atoms with E-state index in [2.05, 4.69) is 48.2 Å². The highest BCUT2D eigenvalue weighted by atomic mass is 32.2. The number of halogens is 3. The van der Waals surface area contributed by atoms with Crippen molar-refractivity contribution in [2.75, 3.05) is 18.1 Å². The average Bonchev–Trinajstić information content (AvgIpc) is 3.48. The van der Waals surface area contributed by atoms with Crippen LogP contribution in [-0.2, 0) is 10.0 Å². The van der Waals surface area contributed by atoms with Crippen LogP contribution < -0.4 is 14.4 Å². The first-order valence-electron chi connectivity index (χ1n) is 14.6. The molecule has 14 heteroatoms. The quantitative estimate of drug-likeness (QED) is 0.270. The summed E-state index contributed by atoms with van der Waals surface area (Å²) in [6, 6.07) is 12.3. The lowest BCUT2D eigenvalue weighted by molar-refractivity contribution is -0.190. The minimum atomic E-state index is -4.25. The Morgan fingerprint density at radius 2 is 1.80 bits per heavy atom. The minimum absolute atomic E-state index is 0.0341. The fraction of sp³-hybridized carbons (Fsp3) is 0.500. The highest BCUT2D eigenvalue weighted by Crippen LogP contribution is 2.59.